The normalized spacial score (nSPS) is 31.9. The smallest absolute Gasteiger partial charge is 0.276 e. The van der Waals surface area contributed by atoms with Gasteiger partial charge in [0, 0.05) is 37.2 Å². The first kappa shape index (κ1) is 10.7. The van der Waals surface area contributed by atoms with E-state index in [2.05, 4.69) is 0 Å². The summed E-state index contributed by atoms with van der Waals surface area (Å²) in [6.45, 7) is -13.3. The minimum Gasteiger partial charge on any atom is -0.503 e. The van der Waals surface area contributed by atoms with Crippen LogP contribution in [-0.2, 0) is 17.7 Å². The monoisotopic (exact) mass is 430 g/mol. The third kappa shape index (κ3) is 3.32. The summed E-state index contributed by atoms with van der Waals surface area (Å²) in [4.78, 5) is 39.3. The number of rotatable bonds is 3. The van der Waals surface area contributed by atoms with Crippen molar-refractivity contribution in [3.05, 3.63) is 63.1 Å². The van der Waals surface area contributed by atoms with Crippen molar-refractivity contribution in [2.45, 2.75) is 38.5 Å². The number of carbonyl (C=O) groups is 2. The maximum atomic E-state index is 14.2. The SMILES string of the molecule is [2H]C([2H])(NC(=O)c1cn2c(c(O)c1=O)C(=O)N1[C@@H](OC([2H])([2H])C([2H])([2H])[C@H]1C([2H])([2H])[2H])C2([2H])[2H])c1ccc(F)cc1F. The molecule has 2 N–H and O–H groups in total. The van der Waals surface area contributed by atoms with E-state index >= 15 is 0 Å². The van der Waals surface area contributed by atoms with Gasteiger partial charge >= 0.3 is 0 Å². The largest absolute Gasteiger partial charge is 0.503 e. The van der Waals surface area contributed by atoms with Crippen LogP contribution in [0.2, 0.25) is 0 Å². The van der Waals surface area contributed by atoms with Gasteiger partial charge in [-0.15, -0.1) is 0 Å². The molecule has 2 aromatic rings. The van der Waals surface area contributed by atoms with E-state index in [-0.39, 0.29) is 9.47 Å². The number of hydrogen-bond acceptors (Lipinski definition) is 5. The lowest BCUT2D eigenvalue weighted by Gasteiger charge is -2.44. The van der Waals surface area contributed by atoms with Crippen LogP contribution in [0.4, 0.5) is 8.78 Å². The lowest BCUT2D eigenvalue weighted by Crippen LogP contribution is -2.57. The van der Waals surface area contributed by atoms with Crippen LogP contribution in [0, 0.1) is 11.6 Å². The number of pyridine rings is 1. The Morgan fingerprint density at radius 1 is 1.47 bits per heavy atom. The number of hydrogen-bond donors (Lipinski definition) is 2. The average Bonchev–Trinajstić information content (AvgIpc) is 2.78. The average molecular weight is 430 g/mol. The van der Waals surface area contributed by atoms with Crippen LogP contribution in [0.3, 0.4) is 0 Å². The fourth-order valence-corrected chi connectivity index (χ4v) is 2.81. The van der Waals surface area contributed by atoms with Crippen LogP contribution in [0.5, 0.6) is 5.75 Å². The van der Waals surface area contributed by atoms with Crippen molar-refractivity contribution in [2.75, 3.05) is 6.56 Å². The molecule has 1 aromatic carbocycles. The highest BCUT2D eigenvalue weighted by Crippen LogP contribution is 2.29. The number of nitrogens with zero attached hydrogens (tertiary/aromatic N) is 2. The quantitative estimate of drug-likeness (QED) is 0.766. The minimum atomic E-state index is -3.49. The lowest BCUT2D eigenvalue weighted by molar-refractivity contribution is -0.112. The van der Waals surface area contributed by atoms with Crippen LogP contribution in [-0.4, -0.2) is 45.2 Å². The Labute approximate surface area is 185 Å². The zero-order valence-electron chi connectivity index (χ0n) is 25.7. The second kappa shape index (κ2) is 7.52. The van der Waals surface area contributed by atoms with Crippen LogP contribution >= 0.6 is 0 Å². The summed E-state index contributed by atoms with van der Waals surface area (Å²) in [6, 6.07) is -0.994. The third-order valence-corrected chi connectivity index (χ3v) is 4.25. The summed E-state index contributed by atoms with van der Waals surface area (Å²) in [7, 11) is 0. The van der Waals surface area contributed by atoms with E-state index in [0.717, 1.165) is 0 Å². The van der Waals surface area contributed by atoms with Crippen molar-refractivity contribution >= 4 is 11.8 Å². The van der Waals surface area contributed by atoms with Gasteiger partial charge < -0.3 is 24.6 Å². The molecule has 2 aliphatic heterocycles. The first-order valence-electron chi connectivity index (χ1n) is 13.7. The van der Waals surface area contributed by atoms with Gasteiger partial charge in [0.05, 0.1) is 21.3 Å². The first-order chi connectivity index (χ1) is 18.5. The maximum Gasteiger partial charge on any atom is 0.276 e. The number of halogens is 2. The number of carbonyl (C=O) groups excluding carboxylic acids is 2. The summed E-state index contributed by atoms with van der Waals surface area (Å²) in [5.74, 6) is -7.39. The van der Waals surface area contributed by atoms with Gasteiger partial charge in [-0.25, -0.2) is 8.78 Å². The molecule has 4 rings (SSSR count). The van der Waals surface area contributed by atoms with Crippen molar-refractivity contribution in [3.8, 4) is 5.75 Å². The summed E-state index contributed by atoms with van der Waals surface area (Å²) in [5.41, 5.74) is -4.97. The molecule has 30 heavy (non-hydrogen) atoms. The highest BCUT2D eigenvalue weighted by atomic mass is 19.1. The molecule has 1 saturated heterocycles. The fourth-order valence-electron chi connectivity index (χ4n) is 2.81. The van der Waals surface area contributed by atoms with Gasteiger partial charge in [0.2, 0.25) is 5.43 Å². The Morgan fingerprint density at radius 2 is 2.27 bits per heavy atom. The number of aromatic nitrogens is 1. The van der Waals surface area contributed by atoms with E-state index in [1.54, 1.807) is 5.32 Å². The van der Waals surface area contributed by atoms with Crippen molar-refractivity contribution in [1.82, 2.24) is 14.8 Å². The van der Waals surface area contributed by atoms with Gasteiger partial charge in [0.25, 0.3) is 11.8 Å². The minimum absolute atomic E-state index is 0.0263. The predicted octanol–water partition coefficient (Wildman–Crippen LogP) is 1.35. The highest BCUT2D eigenvalue weighted by Gasteiger charge is 2.41. The molecule has 0 saturated carbocycles. The molecular weight excluding hydrogens is 400 g/mol. The van der Waals surface area contributed by atoms with Crippen molar-refractivity contribution in [2.24, 2.45) is 0 Å². The molecule has 0 bridgehead atoms. The lowest BCUT2D eigenvalue weighted by atomic mass is 10.1. The van der Waals surface area contributed by atoms with Crippen LogP contribution in [0.15, 0.2) is 29.2 Å². The van der Waals surface area contributed by atoms with Gasteiger partial charge in [-0.05, 0) is 19.3 Å². The zero-order valence-corrected chi connectivity index (χ0v) is 14.7. The van der Waals surface area contributed by atoms with E-state index in [1.165, 1.54) is 0 Å². The molecule has 8 nitrogen and oxygen atoms in total. The predicted molar refractivity (Wildman–Crippen MR) is 99.9 cm³/mol. The van der Waals surface area contributed by atoms with Gasteiger partial charge in [0.1, 0.15) is 17.2 Å². The summed E-state index contributed by atoms with van der Waals surface area (Å²) >= 11 is 0. The third-order valence-electron chi connectivity index (χ3n) is 4.25. The van der Waals surface area contributed by atoms with Crippen LogP contribution in [0.25, 0.3) is 0 Å². The van der Waals surface area contributed by atoms with Gasteiger partial charge in [-0.2, -0.15) is 0 Å². The molecule has 2 atom stereocenters. The van der Waals surface area contributed by atoms with E-state index in [0.29, 0.717) is 24.4 Å². The van der Waals surface area contributed by atoms with Gasteiger partial charge in [-0.1, -0.05) is 6.07 Å². The number of ether oxygens (including phenoxy) is 1. The molecule has 0 unspecified atom stereocenters. The molecule has 0 spiro atoms. The van der Waals surface area contributed by atoms with Gasteiger partial charge in [-0.3, -0.25) is 14.4 Å². The number of amides is 2. The molecule has 158 valence electrons. The molecule has 1 aromatic heterocycles. The Hall–Kier alpha value is -3.27. The molecule has 2 amide bonds. The molecule has 0 aliphatic carbocycles. The summed E-state index contributed by atoms with van der Waals surface area (Å²) in [6.07, 6.45) is -5.62. The summed E-state index contributed by atoms with van der Waals surface area (Å²) in [5, 5.41) is 12.2. The van der Waals surface area contributed by atoms with Crippen molar-refractivity contribution in [3.63, 3.8) is 0 Å². The zero-order chi connectivity index (χ0) is 31.2. The van der Waals surface area contributed by atoms with Gasteiger partial charge in [0.15, 0.2) is 17.7 Å². The van der Waals surface area contributed by atoms with E-state index < -0.39 is 96.5 Å². The molecule has 10 heteroatoms. The molecule has 0 radical (unpaired) electrons. The van der Waals surface area contributed by atoms with E-state index in [9.17, 15) is 28.3 Å². The topological polar surface area (TPSA) is 101 Å². The highest BCUT2D eigenvalue weighted by molar-refractivity contribution is 5.99. The number of nitrogens with one attached hydrogen (secondary N) is 1. The number of benzene rings is 1. The van der Waals surface area contributed by atoms with Crippen LogP contribution < -0.4 is 10.7 Å². The van der Waals surface area contributed by atoms with E-state index in [1.807, 2.05) is 0 Å². The number of aromatic hydroxyl groups is 1. The second-order valence-corrected chi connectivity index (χ2v) is 6.10. The Kier molecular flexibility index (Phi) is 2.68. The first-order valence-corrected chi connectivity index (χ1v) is 8.24. The Balaban J connectivity index is 1.87. The summed E-state index contributed by atoms with van der Waals surface area (Å²) < 4.78 is 121. The molecule has 3 heterocycles. The number of fused-ring (bicyclic) bond motifs is 2. The van der Waals surface area contributed by atoms with E-state index in [4.69, 9.17) is 19.8 Å². The van der Waals surface area contributed by atoms with Crippen molar-refractivity contribution in [1.29, 1.82) is 0 Å². The second-order valence-electron chi connectivity index (χ2n) is 6.10. The Bertz CT molecular complexity index is 1530. The fraction of sp³-hybridized carbons (Fsp3) is 0.350. The molecule has 2 aliphatic rings. The molecule has 1 fully saturated rings. The standard InChI is InChI=1S/C20H19F2N3O5/c1-10-4-5-30-15-9-24-8-13(17(26)18(27)16(24)20(29)25(10)15)19(28)23-7-11-2-3-12(21)6-14(11)22/h2-3,6,8,10,15,27H,4-5,7,9H2,1H3,(H,23,28)/t10-,15+/m1/s1/i1D3,4D2,5D2,7D2,9D2. The molecular formula is C20H19F2N3O5. The Morgan fingerprint density at radius 3 is 3.00 bits per heavy atom. The van der Waals surface area contributed by atoms with Crippen molar-refractivity contribution < 1.29 is 43.3 Å². The maximum absolute atomic E-state index is 14.2. The van der Waals surface area contributed by atoms with Crippen LogP contribution in [0.1, 0.15) is 54.7 Å².